The van der Waals surface area contributed by atoms with E-state index in [-0.39, 0.29) is 11.3 Å². The summed E-state index contributed by atoms with van der Waals surface area (Å²) in [7, 11) is 3.90. The van der Waals surface area contributed by atoms with Gasteiger partial charge in [0.1, 0.15) is 18.1 Å². The van der Waals surface area contributed by atoms with E-state index in [1.54, 1.807) is 41.7 Å². The number of aryl methyl sites for hydroxylation is 2. The van der Waals surface area contributed by atoms with E-state index in [1.807, 2.05) is 79.1 Å². The Kier molecular flexibility index (Phi) is 8.19. The van der Waals surface area contributed by atoms with E-state index in [9.17, 15) is 14.7 Å². The smallest absolute Gasteiger partial charge is 0.295 e. The molecule has 210 valence electrons. The van der Waals surface area contributed by atoms with Gasteiger partial charge in [0.2, 0.25) is 0 Å². The van der Waals surface area contributed by atoms with Gasteiger partial charge in [0, 0.05) is 50.8 Å². The van der Waals surface area contributed by atoms with Crippen molar-refractivity contribution in [3.63, 3.8) is 0 Å². The van der Waals surface area contributed by atoms with Crippen molar-refractivity contribution >= 4 is 23.1 Å². The molecule has 1 unspecified atom stereocenters. The Morgan fingerprint density at radius 1 is 1.00 bits per heavy atom. The predicted molar refractivity (Wildman–Crippen MR) is 159 cm³/mol. The third-order valence-corrected chi connectivity index (χ3v) is 7.26. The van der Waals surface area contributed by atoms with Gasteiger partial charge in [-0.15, -0.1) is 0 Å². The van der Waals surface area contributed by atoms with Gasteiger partial charge in [-0.1, -0.05) is 42.0 Å². The monoisotopic (exact) mass is 550 g/mol. The average Bonchev–Trinajstić information content (AvgIpc) is 3.58. The van der Waals surface area contributed by atoms with Crippen LogP contribution in [0.3, 0.4) is 0 Å². The van der Waals surface area contributed by atoms with Crippen LogP contribution in [0, 0.1) is 6.92 Å². The third-order valence-electron chi connectivity index (χ3n) is 7.26. The summed E-state index contributed by atoms with van der Waals surface area (Å²) in [6.45, 7) is 3.46. The molecule has 0 aliphatic carbocycles. The summed E-state index contributed by atoms with van der Waals surface area (Å²) in [4.78, 5) is 34.3. The number of Topliss-reactive ketones (excluding diaryl/α,β-unsaturated/α-hetero) is 1. The van der Waals surface area contributed by atoms with Gasteiger partial charge < -0.3 is 24.2 Å². The maximum atomic E-state index is 13.4. The molecule has 8 heteroatoms. The third kappa shape index (κ3) is 6.17. The molecule has 0 radical (unpaired) electrons. The van der Waals surface area contributed by atoms with Crippen LogP contribution in [0.25, 0.3) is 5.76 Å². The number of ketones is 1. The molecule has 1 aliphatic rings. The maximum Gasteiger partial charge on any atom is 0.295 e. The number of carbonyl (C=O) groups excluding carboxylic acids is 2. The first-order chi connectivity index (χ1) is 19.8. The fraction of sp³-hybridized carbons (Fsp3) is 0.242. The summed E-state index contributed by atoms with van der Waals surface area (Å²) in [6, 6.07) is 22.0. The van der Waals surface area contributed by atoms with Gasteiger partial charge in [-0.25, -0.2) is 4.98 Å². The highest BCUT2D eigenvalue weighted by atomic mass is 16.5. The van der Waals surface area contributed by atoms with Crippen molar-refractivity contribution in [3.05, 3.63) is 119 Å². The molecule has 0 spiro atoms. The molecule has 5 rings (SSSR count). The van der Waals surface area contributed by atoms with Gasteiger partial charge >= 0.3 is 0 Å². The number of hydrogen-bond acceptors (Lipinski definition) is 6. The van der Waals surface area contributed by atoms with Gasteiger partial charge in [0.25, 0.3) is 11.7 Å². The van der Waals surface area contributed by atoms with Crippen LogP contribution >= 0.6 is 0 Å². The number of imidazole rings is 1. The zero-order valence-corrected chi connectivity index (χ0v) is 23.5. The number of likely N-dealkylation sites (tertiary alicyclic amines) is 1. The lowest BCUT2D eigenvalue weighted by atomic mass is 9.95. The van der Waals surface area contributed by atoms with E-state index < -0.39 is 17.7 Å². The molecule has 1 N–H and O–H groups in total. The predicted octanol–water partition coefficient (Wildman–Crippen LogP) is 5.35. The van der Waals surface area contributed by atoms with Gasteiger partial charge in [-0.2, -0.15) is 0 Å². The zero-order valence-electron chi connectivity index (χ0n) is 23.5. The van der Waals surface area contributed by atoms with Crippen molar-refractivity contribution in [2.45, 2.75) is 32.5 Å². The fourth-order valence-electron chi connectivity index (χ4n) is 5.09. The van der Waals surface area contributed by atoms with E-state index in [2.05, 4.69) is 11.1 Å². The molecule has 1 fully saturated rings. The van der Waals surface area contributed by atoms with Crippen molar-refractivity contribution in [1.29, 1.82) is 0 Å². The Hall–Kier alpha value is -4.85. The van der Waals surface area contributed by atoms with Crippen LogP contribution < -0.4 is 9.64 Å². The summed E-state index contributed by atoms with van der Waals surface area (Å²) in [5, 5.41) is 11.4. The second-order valence-corrected chi connectivity index (χ2v) is 10.4. The Morgan fingerprint density at radius 3 is 2.41 bits per heavy atom. The molecule has 0 bridgehead atoms. The number of aromatic nitrogens is 2. The van der Waals surface area contributed by atoms with Crippen LogP contribution in [0.15, 0.2) is 97.1 Å². The molecule has 1 atom stereocenters. The Balaban J connectivity index is 1.42. The minimum absolute atomic E-state index is 0.0867. The summed E-state index contributed by atoms with van der Waals surface area (Å²) < 4.78 is 7.85. The highest BCUT2D eigenvalue weighted by Gasteiger charge is 2.45. The van der Waals surface area contributed by atoms with Gasteiger partial charge in [-0.05, 0) is 60.9 Å². The van der Waals surface area contributed by atoms with E-state index in [4.69, 9.17) is 4.74 Å². The molecule has 4 aromatic rings. The van der Waals surface area contributed by atoms with Crippen molar-refractivity contribution in [1.82, 2.24) is 14.5 Å². The highest BCUT2D eigenvalue weighted by molar-refractivity contribution is 6.46. The van der Waals surface area contributed by atoms with Crippen LogP contribution in [-0.2, 0) is 22.7 Å². The number of nitrogens with zero attached hydrogens (tertiary/aromatic N) is 4. The first-order valence-corrected chi connectivity index (χ1v) is 13.6. The number of aliphatic hydroxyl groups excluding tert-OH is 1. The molecule has 1 amide bonds. The van der Waals surface area contributed by atoms with Crippen molar-refractivity contribution in [2.24, 2.45) is 0 Å². The molecular weight excluding hydrogens is 516 g/mol. The fourth-order valence-corrected chi connectivity index (χ4v) is 5.09. The average molecular weight is 551 g/mol. The Morgan fingerprint density at radius 2 is 1.76 bits per heavy atom. The number of hydrogen-bond donors (Lipinski definition) is 1. The van der Waals surface area contributed by atoms with Crippen LogP contribution in [0.2, 0.25) is 0 Å². The number of aliphatic hydroxyl groups is 1. The molecular formula is C33H34N4O4. The molecule has 0 saturated carbocycles. The molecule has 1 aromatic heterocycles. The first kappa shape index (κ1) is 27.7. The topological polar surface area (TPSA) is 87.9 Å². The van der Waals surface area contributed by atoms with Crippen molar-refractivity contribution in [3.8, 4) is 5.75 Å². The van der Waals surface area contributed by atoms with E-state index in [0.717, 1.165) is 22.4 Å². The molecule has 3 aromatic carbocycles. The lowest BCUT2D eigenvalue weighted by Crippen LogP contribution is -2.31. The summed E-state index contributed by atoms with van der Waals surface area (Å²) >= 11 is 0. The standard InChI is InChI=1S/C33H34N4O4/c1-23-6-4-7-24(20-23)21-41-28-14-10-26(11-15-28)31(38)29-30(25-8-12-27(13-9-25)35(2)3)37(33(40)32(29)39)18-5-17-36-19-16-34-22-36/h4,6-16,19-20,22,30,38H,5,17-18,21H2,1-3H3/b31-29-. The van der Waals surface area contributed by atoms with Crippen molar-refractivity contribution in [2.75, 3.05) is 25.5 Å². The van der Waals surface area contributed by atoms with Crippen LogP contribution in [-0.4, -0.2) is 51.9 Å². The van der Waals surface area contributed by atoms with Crippen LogP contribution in [0.1, 0.15) is 34.7 Å². The van der Waals surface area contributed by atoms with Gasteiger partial charge in [0.15, 0.2) is 0 Å². The second-order valence-electron chi connectivity index (χ2n) is 10.4. The van der Waals surface area contributed by atoms with E-state index in [1.165, 1.54) is 0 Å². The van der Waals surface area contributed by atoms with Gasteiger partial charge in [0.05, 0.1) is 17.9 Å². The Labute approximate surface area is 240 Å². The molecule has 2 heterocycles. The lowest BCUT2D eigenvalue weighted by Gasteiger charge is -2.26. The highest BCUT2D eigenvalue weighted by Crippen LogP contribution is 2.40. The molecule has 1 saturated heterocycles. The number of carbonyl (C=O) groups is 2. The maximum absolute atomic E-state index is 13.4. The summed E-state index contributed by atoms with van der Waals surface area (Å²) in [5.41, 5.74) is 4.51. The second kappa shape index (κ2) is 12.1. The molecule has 41 heavy (non-hydrogen) atoms. The van der Waals surface area contributed by atoms with Crippen LogP contribution in [0.5, 0.6) is 5.75 Å². The molecule has 8 nitrogen and oxygen atoms in total. The summed E-state index contributed by atoms with van der Waals surface area (Å²) in [6.07, 6.45) is 5.92. The molecule has 1 aliphatic heterocycles. The first-order valence-electron chi connectivity index (χ1n) is 13.6. The summed E-state index contributed by atoms with van der Waals surface area (Å²) in [5.74, 6) is -0.866. The van der Waals surface area contributed by atoms with Gasteiger partial charge in [-0.3, -0.25) is 9.59 Å². The number of rotatable bonds is 10. The Bertz CT molecular complexity index is 1540. The minimum Gasteiger partial charge on any atom is -0.507 e. The normalized spacial score (nSPS) is 16.3. The lowest BCUT2D eigenvalue weighted by molar-refractivity contribution is -0.139. The zero-order chi connectivity index (χ0) is 28.9. The largest absolute Gasteiger partial charge is 0.507 e. The van der Waals surface area contributed by atoms with E-state index in [0.29, 0.717) is 37.4 Å². The minimum atomic E-state index is -0.703. The number of amides is 1. The quantitative estimate of drug-likeness (QED) is 0.163. The van der Waals surface area contributed by atoms with Crippen LogP contribution in [0.4, 0.5) is 5.69 Å². The SMILES string of the molecule is Cc1cccc(COc2ccc(/C(O)=C3/C(=O)C(=O)N(CCCn4ccnc4)C3c3ccc(N(C)C)cc3)cc2)c1. The number of anilines is 1. The number of ether oxygens (including phenoxy) is 1. The van der Waals surface area contributed by atoms with E-state index >= 15 is 0 Å². The van der Waals surface area contributed by atoms with Crippen molar-refractivity contribution < 1.29 is 19.4 Å². The number of benzene rings is 3.